The van der Waals surface area contributed by atoms with E-state index in [9.17, 15) is 0 Å². The molecule has 1 atom stereocenters. The van der Waals surface area contributed by atoms with Gasteiger partial charge in [0.15, 0.2) is 0 Å². The standard InChI is InChI=1S/C13H16ClNO/c1-9(2)7-12-8-16-13(15-12)10-3-5-11(14)6-4-10/h3-6,9,12H,7-8H2,1-2H3/t12-/m1/s1. The van der Waals surface area contributed by atoms with Crippen molar-refractivity contribution in [2.24, 2.45) is 10.9 Å². The van der Waals surface area contributed by atoms with E-state index in [0.29, 0.717) is 18.6 Å². The predicted molar refractivity (Wildman–Crippen MR) is 67.2 cm³/mol. The second kappa shape index (κ2) is 4.88. The van der Waals surface area contributed by atoms with Crippen LogP contribution < -0.4 is 0 Å². The highest BCUT2D eigenvalue weighted by Gasteiger charge is 2.20. The molecule has 16 heavy (non-hydrogen) atoms. The average Bonchev–Trinajstić information content (AvgIpc) is 2.66. The van der Waals surface area contributed by atoms with Gasteiger partial charge >= 0.3 is 0 Å². The first kappa shape index (κ1) is 11.5. The maximum absolute atomic E-state index is 5.84. The van der Waals surface area contributed by atoms with Gasteiger partial charge in [-0.15, -0.1) is 0 Å². The molecule has 1 aromatic rings. The van der Waals surface area contributed by atoms with Gasteiger partial charge in [0.05, 0.1) is 6.04 Å². The molecule has 0 saturated carbocycles. The third-order valence-corrected chi connectivity index (χ3v) is 2.80. The Morgan fingerprint density at radius 1 is 1.38 bits per heavy atom. The van der Waals surface area contributed by atoms with Crippen LogP contribution in [0.5, 0.6) is 0 Å². The lowest BCUT2D eigenvalue weighted by molar-refractivity contribution is 0.301. The maximum Gasteiger partial charge on any atom is 0.216 e. The Morgan fingerprint density at radius 2 is 2.06 bits per heavy atom. The summed E-state index contributed by atoms with van der Waals surface area (Å²) < 4.78 is 5.60. The number of rotatable bonds is 3. The molecule has 86 valence electrons. The molecule has 1 heterocycles. The summed E-state index contributed by atoms with van der Waals surface area (Å²) in [5.74, 6) is 1.41. The zero-order valence-corrected chi connectivity index (χ0v) is 10.4. The number of benzene rings is 1. The van der Waals surface area contributed by atoms with E-state index in [1.165, 1.54) is 0 Å². The molecule has 0 spiro atoms. The number of nitrogens with zero attached hydrogens (tertiary/aromatic N) is 1. The van der Waals surface area contributed by atoms with Crippen LogP contribution in [0, 0.1) is 5.92 Å². The average molecular weight is 238 g/mol. The molecule has 0 radical (unpaired) electrons. The van der Waals surface area contributed by atoms with Gasteiger partial charge in [0.1, 0.15) is 6.61 Å². The van der Waals surface area contributed by atoms with Crippen LogP contribution in [0.3, 0.4) is 0 Å². The Kier molecular flexibility index (Phi) is 3.49. The summed E-state index contributed by atoms with van der Waals surface area (Å²) in [6, 6.07) is 7.92. The van der Waals surface area contributed by atoms with Crippen molar-refractivity contribution in [1.29, 1.82) is 0 Å². The van der Waals surface area contributed by atoms with Crippen molar-refractivity contribution in [2.75, 3.05) is 6.61 Å². The summed E-state index contributed by atoms with van der Waals surface area (Å²) in [4.78, 5) is 4.58. The zero-order chi connectivity index (χ0) is 11.5. The zero-order valence-electron chi connectivity index (χ0n) is 9.61. The summed E-state index contributed by atoms with van der Waals surface area (Å²) in [6.07, 6.45) is 1.08. The Balaban J connectivity index is 2.08. The van der Waals surface area contributed by atoms with Crippen molar-refractivity contribution in [2.45, 2.75) is 26.3 Å². The summed E-state index contributed by atoms with van der Waals surface area (Å²) in [7, 11) is 0. The maximum atomic E-state index is 5.84. The normalized spacial score (nSPS) is 19.8. The van der Waals surface area contributed by atoms with Gasteiger partial charge in [-0.2, -0.15) is 0 Å². The molecule has 3 heteroatoms. The first-order valence-electron chi connectivity index (χ1n) is 5.61. The minimum Gasteiger partial charge on any atom is -0.475 e. The smallest absolute Gasteiger partial charge is 0.216 e. The Morgan fingerprint density at radius 3 is 2.69 bits per heavy atom. The lowest BCUT2D eigenvalue weighted by atomic mass is 10.1. The number of hydrogen-bond donors (Lipinski definition) is 0. The van der Waals surface area contributed by atoms with E-state index >= 15 is 0 Å². The lowest BCUT2D eigenvalue weighted by Gasteiger charge is -2.06. The molecule has 1 aliphatic rings. The first-order valence-corrected chi connectivity index (χ1v) is 5.99. The van der Waals surface area contributed by atoms with Crippen LogP contribution in [0.15, 0.2) is 29.3 Å². The van der Waals surface area contributed by atoms with E-state index < -0.39 is 0 Å². The summed E-state index contributed by atoms with van der Waals surface area (Å²) in [5.41, 5.74) is 1.01. The van der Waals surface area contributed by atoms with Crippen molar-refractivity contribution in [3.63, 3.8) is 0 Å². The van der Waals surface area contributed by atoms with Crippen LogP contribution in [0.2, 0.25) is 5.02 Å². The van der Waals surface area contributed by atoms with E-state index in [2.05, 4.69) is 18.8 Å². The number of aliphatic imine (C=N–C) groups is 1. The van der Waals surface area contributed by atoms with Crippen molar-refractivity contribution < 1.29 is 4.74 Å². The highest BCUT2D eigenvalue weighted by atomic mass is 35.5. The second-order valence-corrected chi connectivity index (χ2v) is 4.97. The van der Waals surface area contributed by atoms with Gasteiger partial charge in [-0.05, 0) is 36.6 Å². The molecule has 1 aromatic carbocycles. The number of hydrogen-bond acceptors (Lipinski definition) is 2. The van der Waals surface area contributed by atoms with E-state index in [1.54, 1.807) is 0 Å². The molecular formula is C13H16ClNO. The Hall–Kier alpha value is -1.02. The molecule has 0 saturated heterocycles. The Labute approximate surface area is 101 Å². The van der Waals surface area contributed by atoms with Crippen molar-refractivity contribution in [3.8, 4) is 0 Å². The van der Waals surface area contributed by atoms with Crippen LogP contribution in [0.1, 0.15) is 25.8 Å². The third-order valence-electron chi connectivity index (χ3n) is 2.55. The molecule has 0 N–H and O–H groups in total. The minimum absolute atomic E-state index is 0.311. The molecule has 0 fully saturated rings. The highest BCUT2D eigenvalue weighted by Crippen LogP contribution is 2.18. The van der Waals surface area contributed by atoms with E-state index in [1.807, 2.05) is 24.3 Å². The molecule has 2 nitrogen and oxygen atoms in total. The molecule has 0 aromatic heterocycles. The summed E-state index contributed by atoms with van der Waals surface area (Å²) >= 11 is 5.84. The van der Waals surface area contributed by atoms with Gasteiger partial charge in [-0.25, -0.2) is 4.99 Å². The fraction of sp³-hybridized carbons (Fsp3) is 0.462. The van der Waals surface area contributed by atoms with Crippen LogP contribution in [-0.4, -0.2) is 18.5 Å². The number of halogens is 1. The van der Waals surface area contributed by atoms with Gasteiger partial charge in [0, 0.05) is 10.6 Å². The van der Waals surface area contributed by atoms with Gasteiger partial charge in [-0.1, -0.05) is 25.4 Å². The Bertz CT molecular complexity index is 383. The third kappa shape index (κ3) is 2.76. The minimum atomic E-state index is 0.311. The van der Waals surface area contributed by atoms with E-state index in [-0.39, 0.29) is 0 Å². The molecule has 0 bridgehead atoms. The van der Waals surface area contributed by atoms with E-state index in [0.717, 1.165) is 22.9 Å². The van der Waals surface area contributed by atoms with Crippen molar-refractivity contribution >= 4 is 17.5 Å². The monoisotopic (exact) mass is 237 g/mol. The highest BCUT2D eigenvalue weighted by molar-refractivity contribution is 6.30. The molecule has 2 rings (SSSR count). The second-order valence-electron chi connectivity index (χ2n) is 4.54. The predicted octanol–water partition coefficient (Wildman–Crippen LogP) is 3.53. The van der Waals surface area contributed by atoms with Crippen LogP contribution in [-0.2, 0) is 4.74 Å². The van der Waals surface area contributed by atoms with Crippen molar-refractivity contribution in [1.82, 2.24) is 0 Å². The molecule has 0 aliphatic carbocycles. The van der Waals surface area contributed by atoms with Gasteiger partial charge in [0.2, 0.25) is 5.90 Å². The largest absolute Gasteiger partial charge is 0.475 e. The molecule has 0 amide bonds. The van der Waals surface area contributed by atoms with Crippen LogP contribution in [0.4, 0.5) is 0 Å². The van der Waals surface area contributed by atoms with E-state index in [4.69, 9.17) is 16.3 Å². The fourth-order valence-electron chi connectivity index (χ4n) is 1.83. The topological polar surface area (TPSA) is 21.6 Å². The molecular weight excluding hydrogens is 222 g/mol. The summed E-state index contributed by atoms with van der Waals surface area (Å²) in [6.45, 7) is 5.11. The fourth-order valence-corrected chi connectivity index (χ4v) is 1.96. The van der Waals surface area contributed by atoms with Crippen LogP contribution >= 0.6 is 11.6 Å². The molecule has 1 aliphatic heterocycles. The quantitative estimate of drug-likeness (QED) is 0.788. The van der Waals surface area contributed by atoms with Gasteiger partial charge in [-0.3, -0.25) is 0 Å². The van der Waals surface area contributed by atoms with Gasteiger partial charge < -0.3 is 4.74 Å². The molecule has 0 unspecified atom stereocenters. The number of ether oxygens (including phenoxy) is 1. The van der Waals surface area contributed by atoms with Crippen molar-refractivity contribution in [3.05, 3.63) is 34.9 Å². The lowest BCUT2D eigenvalue weighted by Crippen LogP contribution is -2.09. The SMILES string of the molecule is CC(C)C[C@@H]1COC(c2ccc(Cl)cc2)=N1. The van der Waals surface area contributed by atoms with Gasteiger partial charge in [0.25, 0.3) is 0 Å². The first-order chi connectivity index (χ1) is 7.65. The van der Waals surface area contributed by atoms with Crippen LogP contribution in [0.25, 0.3) is 0 Å². The summed E-state index contributed by atoms with van der Waals surface area (Å²) in [5, 5.41) is 0.737.